The van der Waals surface area contributed by atoms with Crippen molar-refractivity contribution in [2.24, 2.45) is 11.8 Å². The Morgan fingerprint density at radius 1 is 0.897 bits per heavy atom. The third-order valence-corrected chi connectivity index (χ3v) is 4.79. The van der Waals surface area contributed by atoms with E-state index in [4.69, 9.17) is 0 Å². The maximum absolute atomic E-state index is 12.7. The van der Waals surface area contributed by atoms with Crippen LogP contribution in [-0.4, -0.2) is 59.5 Å². The van der Waals surface area contributed by atoms with Gasteiger partial charge in [-0.1, -0.05) is 27.7 Å². The van der Waals surface area contributed by atoms with E-state index < -0.39 is 35.9 Å². The highest BCUT2D eigenvalue weighted by Gasteiger charge is 2.30. The van der Waals surface area contributed by atoms with Crippen molar-refractivity contribution in [1.82, 2.24) is 21.3 Å². The van der Waals surface area contributed by atoms with Crippen LogP contribution in [0.1, 0.15) is 60.3 Å². The minimum absolute atomic E-state index is 0.0936. The highest BCUT2D eigenvalue weighted by atomic mass is 16.4. The minimum Gasteiger partial charge on any atom is -0.480 e. The van der Waals surface area contributed by atoms with Crippen LogP contribution in [0.2, 0.25) is 0 Å². The van der Waals surface area contributed by atoms with Crippen molar-refractivity contribution in [3.63, 3.8) is 0 Å². The number of hydrogen-bond acceptors (Lipinski definition) is 5. The van der Waals surface area contributed by atoms with Gasteiger partial charge in [0.05, 0.1) is 6.04 Å². The largest absolute Gasteiger partial charge is 0.480 e. The molecule has 0 saturated carbocycles. The molecule has 0 radical (unpaired) electrons. The quantitative estimate of drug-likeness (QED) is 0.333. The number of carbonyl (C=O) groups is 4. The van der Waals surface area contributed by atoms with E-state index in [9.17, 15) is 24.3 Å². The molecule has 4 atom stereocenters. The van der Waals surface area contributed by atoms with Gasteiger partial charge >= 0.3 is 5.97 Å². The van der Waals surface area contributed by atoms with Crippen molar-refractivity contribution in [3.8, 4) is 0 Å². The van der Waals surface area contributed by atoms with E-state index in [0.29, 0.717) is 12.8 Å². The summed E-state index contributed by atoms with van der Waals surface area (Å²) in [6, 6.07) is -2.99. The van der Waals surface area contributed by atoms with Crippen molar-refractivity contribution in [3.05, 3.63) is 0 Å². The number of carboxylic acid groups (broad SMARTS) is 1. The molecule has 9 heteroatoms. The molecule has 0 spiro atoms. The monoisotopic (exact) mass is 412 g/mol. The Kier molecular flexibility index (Phi) is 10.1. The van der Waals surface area contributed by atoms with E-state index >= 15 is 0 Å². The van der Waals surface area contributed by atoms with Crippen molar-refractivity contribution < 1.29 is 24.3 Å². The van der Waals surface area contributed by atoms with Gasteiger partial charge in [-0.2, -0.15) is 0 Å². The second-order valence-corrected chi connectivity index (χ2v) is 8.60. The van der Waals surface area contributed by atoms with E-state index in [0.717, 1.165) is 19.4 Å². The van der Waals surface area contributed by atoms with Gasteiger partial charge in [-0.25, -0.2) is 4.79 Å². The Morgan fingerprint density at radius 2 is 1.48 bits per heavy atom. The maximum atomic E-state index is 12.7. The van der Waals surface area contributed by atoms with E-state index in [2.05, 4.69) is 21.3 Å². The summed E-state index contributed by atoms with van der Waals surface area (Å²) in [5, 5.41) is 20.2. The third kappa shape index (κ3) is 8.81. The number of aliphatic carboxylic acids is 1. The van der Waals surface area contributed by atoms with E-state index in [-0.39, 0.29) is 23.8 Å². The fourth-order valence-electron chi connectivity index (χ4n) is 3.25. The summed E-state index contributed by atoms with van der Waals surface area (Å²) in [4.78, 5) is 48.8. The topological polar surface area (TPSA) is 137 Å². The standard InChI is InChI=1S/C20H36N4O5/c1-11(2)9-15(23-18(26)14-7-6-8-21-14)19(27)22-13(5)17(25)24-16(20(28)29)10-12(3)4/h11-16,21H,6-10H2,1-5H3,(H,22,27)(H,23,26)(H,24,25)(H,28,29). The lowest BCUT2D eigenvalue weighted by molar-refractivity contribution is -0.142. The van der Waals surface area contributed by atoms with Crippen LogP contribution in [0.5, 0.6) is 0 Å². The molecule has 5 N–H and O–H groups in total. The first-order chi connectivity index (χ1) is 13.5. The van der Waals surface area contributed by atoms with Gasteiger partial charge in [-0.05, 0) is 51.0 Å². The number of hydrogen-bond donors (Lipinski definition) is 5. The van der Waals surface area contributed by atoms with Crippen LogP contribution in [0, 0.1) is 11.8 Å². The Morgan fingerprint density at radius 3 is 1.97 bits per heavy atom. The average molecular weight is 413 g/mol. The summed E-state index contributed by atoms with van der Waals surface area (Å²) in [5.41, 5.74) is 0. The predicted molar refractivity (Wildman–Crippen MR) is 109 cm³/mol. The van der Waals surface area contributed by atoms with Crippen LogP contribution in [0.3, 0.4) is 0 Å². The molecule has 0 aliphatic carbocycles. The fourth-order valence-corrected chi connectivity index (χ4v) is 3.25. The molecule has 3 amide bonds. The first-order valence-electron chi connectivity index (χ1n) is 10.4. The summed E-state index contributed by atoms with van der Waals surface area (Å²) >= 11 is 0. The second-order valence-electron chi connectivity index (χ2n) is 8.60. The van der Waals surface area contributed by atoms with Crippen LogP contribution >= 0.6 is 0 Å². The summed E-state index contributed by atoms with van der Waals surface area (Å²) in [6.07, 6.45) is 2.37. The zero-order valence-electron chi connectivity index (χ0n) is 18.1. The molecule has 1 saturated heterocycles. The van der Waals surface area contributed by atoms with Crippen LogP contribution in [0.25, 0.3) is 0 Å². The molecule has 4 unspecified atom stereocenters. The molecule has 29 heavy (non-hydrogen) atoms. The van der Waals surface area contributed by atoms with Gasteiger partial charge in [0, 0.05) is 0 Å². The lowest BCUT2D eigenvalue weighted by Crippen LogP contribution is -2.56. The maximum Gasteiger partial charge on any atom is 0.326 e. The SMILES string of the molecule is CC(C)CC(NC(=O)C(C)NC(=O)C(CC(C)C)NC(=O)C1CCCN1)C(=O)O. The average Bonchev–Trinajstić information content (AvgIpc) is 3.14. The summed E-state index contributed by atoms with van der Waals surface area (Å²) in [7, 11) is 0. The van der Waals surface area contributed by atoms with Gasteiger partial charge in [0.15, 0.2) is 0 Å². The highest BCUT2D eigenvalue weighted by Crippen LogP contribution is 2.09. The molecular formula is C20H36N4O5. The predicted octanol–water partition coefficient (Wildman–Crippen LogP) is 0.390. The number of carbonyl (C=O) groups excluding carboxylic acids is 3. The molecule has 1 fully saturated rings. The van der Waals surface area contributed by atoms with Gasteiger partial charge in [0.25, 0.3) is 0 Å². The number of amides is 3. The zero-order chi connectivity index (χ0) is 22.1. The molecule has 1 rings (SSSR count). The van der Waals surface area contributed by atoms with Crippen molar-refractivity contribution in [2.75, 3.05) is 6.54 Å². The van der Waals surface area contributed by atoms with Crippen molar-refractivity contribution >= 4 is 23.7 Å². The van der Waals surface area contributed by atoms with Crippen molar-refractivity contribution in [1.29, 1.82) is 0 Å². The van der Waals surface area contributed by atoms with E-state index in [1.54, 1.807) is 0 Å². The van der Waals surface area contributed by atoms with Crippen molar-refractivity contribution in [2.45, 2.75) is 84.5 Å². The molecule has 166 valence electrons. The lowest BCUT2D eigenvalue weighted by atomic mass is 10.0. The summed E-state index contributed by atoms with van der Waals surface area (Å²) in [6.45, 7) is 9.89. The molecule has 0 aromatic rings. The van der Waals surface area contributed by atoms with Crippen LogP contribution in [0.15, 0.2) is 0 Å². The molecule has 0 bridgehead atoms. The summed E-state index contributed by atoms with van der Waals surface area (Å²) < 4.78 is 0. The van der Waals surface area contributed by atoms with Gasteiger partial charge in [0.1, 0.15) is 18.1 Å². The van der Waals surface area contributed by atoms with Crippen LogP contribution in [0.4, 0.5) is 0 Å². The first kappa shape index (κ1) is 24.9. The Hall–Kier alpha value is -2.16. The minimum atomic E-state index is -1.11. The number of carboxylic acids is 1. The van der Waals surface area contributed by atoms with Gasteiger partial charge in [-0.3, -0.25) is 14.4 Å². The Bertz CT molecular complexity index is 587. The third-order valence-electron chi connectivity index (χ3n) is 4.79. The number of rotatable bonds is 11. The zero-order valence-corrected chi connectivity index (χ0v) is 18.1. The molecule has 0 aromatic carbocycles. The smallest absolute Gasteiger partial charge is 0.326 e. The van der Waals surface area contributed by atoms with Crippen LogP contribution < -0.4 is 21.3 Å². The van der Waals surface area contributed by atoms with Gasteiger partial charge in [-0.15, -0.1) is 0 Å². The Labute approximate surface area is 172 Å². The lowest BCUT2D eigenvalue weighted by Gasteiger charge is -2.24. The fraction of sp³-hybridized carbons (Fsp3) is 0.800. The molecule has 1 aliphatic heterocycles. The highest BCUT2D eigenvalue weighted by molar-refractivity contribution is 5.94. The van der Waals surface area contributed by atoms with Gasteiger partial charge in [0.2, 0.25) is 17.7 Å². The molecule has 0 aromatic heterocycles. The molecule has 9 nitrogen and oxygen atoms in total. The Balaban J connectivity index is 2.69. The normalized spacial score (nSPS) is 19.5. The molecule has 1 heterocycles. The van der Waals surface area contributed by atoms with E-state index in [1.807, 2.05) is 27.7 Å². The molecular weight excluding hydrogens is 376 g/mol. The second kappa shape index (κ2) is 11.7. The first-order valence-corrected chi connectivity index (χ1v) is 10.4. The molecule has 1 aliphatic rings. The van der Waals surface area contributed by atoms with Crippen LogP contribution in [-0.2, 0) is 19.2 Å². The number of nitrogens with one attached hydrogen (secondary N) is 4. The van der Waals surface area contributed by atoms with E-state index in [1.165, 1.54) is 6.92 Å². The summed E-state index contributed by atoms with van der Waals surface area (Å²) in [5.74, 6) is -2.10. The van der Waals surface area contributed by atoms with Gasteiger partial charge < -0.3 is 26.4 Å².